The normalized spacial score (nSPS) is 18.9. The summed E-state index contributed by atoms with van der Waals surface area (Å²) >= 11 is 0. The van der Waals surface area contributed by atoms with Crippen LogP contribution < -0.4 is 5.32 Å². The molecule has 0 radical (unpaired) electrons. The maximum Gasteiger partial charge on any atom is 0.115 e. The fraction of sp³-hybridized carbons (Fsp3) is 0.538. The topological polar surface area (TPSA) is 62.8 Å². The molecule has 0 aliphatic carbocycles. The van der Waals surface area contributed by atoms with Crippen LogP contribution in [0, 0.1) is 5.92 Å². The van der Waals surface area contributed by atoms with Crippen LogP contribution in [-0.4, -0.2) is 34.7 Å². The molecule has 0 spiro atoms. The van der Waals surface area contributed by atoms with Gasteiger partial charge in [-0.05, 0) is 43.9 Å². The summed E-state index contributed by atoms with van der Waals surface area (Å²) in [6.07, 6.45) is 2.28. The largest absolute Gasteiger partial charge is 0.382 e. The van der Waals surface area contributed by atoms with Gasteiger partial charge in [-0.2, -0.15) is 15.4 Å². The molecule has 1 fully saturated rings. The third-order valence-corrected chi connectivity index (χ3v) is 3.68. The fourth-order valence-electron chi connectivity index (χ4n) is 2.53. The number of aromatic nitrogens is 3. The van der Waals surface area contributed by atoms with Crippen LogP contribution in [0.4, 0.5) is 5.69 Å². The molecule has 5 heteroatoms. The van der Waals surface area contributed by atoms with Gasteiger partial charge >= 0.3 is 0 Å². The zero-order valence-corrected chi connectivity index (χ0v) is 10.5. The summed E-state index contributed by atoms with van der Waals surface area (Å²) in [6, 6.07) is 6.53. The molecule has 2 heterocycles. The highest BCUT2D eigenvalue weighted by Crippen LogP contribution is 2.23. The fourth-order valence-corrected chi connectivity index (χ4v) is 2.53. The van der Waals surface area contributed by atoms with Crippen LogP contribution in [0.1, 0.15) is 19.8 Å². The van der Waals surface area contributed by atoms with Crippen molar-refractivity contribution in [2.45, 2.75) is 25.8 Å². The average molecular weight is 246 g/mol. The number of benzene rings is 1. The summed E-state index contributed by atoms with van der Waals surface area (Å²) in [5.74, 6) is 0.687. The molecule has 3 rings (SSSR count). The average Bonchev–Trinajstić information content (AvgIpc) is 2.87. The second kappa shape index (κ2) is 4.94. The lowest BCUT2D eigenvalue weighted by atomic mass is 9.93. The minimum atomic E-state index is 0.457. The van der Waals surface area contributed by atoms with Crippen LogP contribution >= 0.6 is 0 Å². The molecule has 5 nitrogen and oxygen atoms in total. The van der Waals surface area contributed by atoms with Gasteiger partial charge < -0.3 is 10.1 Å². The Kier molecular flexibility index (Phi) is 3.15. The third kappa shape index (κ3) is 2.31. The lowest BCUT2D eigenvalue weighted by Crippen LogP contribution is -2.30. The number of fused-ring (bicyclic) bond motifs is 1. The number of nitrogens with zero attached hydrogens (tertiary/aromatic N) is 2. The number of rotatable bonds is 3. The van der Waals surface area contributed by atoms with E-state index in [9.17, 15) is 0 Å². The van der Waals surface area contributed by atoms with E-state index < -0.39 is 0 Å². The van der Waals surface area contributed by atoms with E-state index in [1.54, 1.807) is 0 Å². The Morgan fingerprint density at radius 2 is 2.06 bits per heavy atom. The first-order valence-electron chi connectivity index (χ1n) is 6.48. The Morgan fingerprint density at radius 3 is 2.89 bits per heavy atom. The molecule has 0 amide bonds. The molecule has 1 aliphatic heterocycles. The molecule has 1 atom stereocenters. The van der Waals surface area contributed by atoms with Crippen LogP contribution in [0.3, 0.4) is 0 Å². The zero-order chi connectivity index (χ0) is 12.4. The van der Waals surface area contributed by atoms with Crippen LogP contribution in [0.15, 0.2) is 18.2 Å². The molecule has 0 bridgehead atoms. The number of H-pyrrole nitrogens is 1. The van der Waals surface area contributed by atoms with Gasteiger partial charge in [-0.15, -0.1) is 0 Å². The van der Waals surface area contributed by atoms with Gasteiger partial charge in [0.1, 0.15) is 11.0 Å². The zero-order valence-electron chi connectivity index (χ0n) is 10.5. The summed E-state index contributed by atoms with van der Waals surface area (Å²) in [7, 11) is 0. The number of aromatic amines is 1. The molecular weight excluding hydrogens is 228 g/mol. The summed E-state index contributed by atoms with van der Waals surface area (Å²) in [5.41, 5.74) is 2.91. The van der Waals surface area contributed by atoms with Gasteiger partial charge in [-0.3, -0.25) is 0 Å². The molecule has 0 saturated carbocycles. The summed E-state index contributed by atoms with van der Waals surface area (Å²) < 4.78 is 5.40. The molecule has 2 N–H and O–H groups in total. The summed E-state index contributed by atoms with van der Waals surface area (Å²) in [6.45, 7) is 4.01. The van der Waals surface area contributed by atoms with Gasteiger partial charge in [0.25, 0.3) is 0 Å². The smallest absolute Gasteiger partial charge is 0.115 e. The summed E-state index contributed by atoms with van der Waals surface area (Å²) in [4.78, 5) is 0. The number of hydrogen-bond acceptors (Lipinski definition) is 4. The van der Waals surface area contributed by atoms with Crippen molar-refractivity contribution in [2.24, 2.45) is 5.92 Å². The highest BCUT2D eigenvalue weighted by Gasteiger charge is 2.20. The van der Waals surface area contributed by atoms with Crippen molar-refractivity contribution >= 4 is 16.7 Å². The highest BCUT2D eigenvalue weighted by molar-refractivity contribution is 5.77. The van der Waals surface area contributed by atoms with E-state index in [2.05, 4.69) is 33.7 Å². The first kappa shape index (κ1) is 11.5. The standard InChI is InChI=1S/C13H18N4O/c1-9(10-4-6-18-7-5-10)14-11-2-3-12-13(8-11)16-17-15-12/h2-3,8-10,14H,4-7H2,1H3,(H,15,16,17). The second-order valence-electron chi connectivity index (χ2n) is 4.91. The van der Waals surface area contributed by atoms with E-state index in [0.717, 1.165) is 42.8 Å². The second-order valence-corrected chi connectivity index (χ2v) is 4.91. The maximum atomic E-state index is 5.40. The molecule has 96 valence electrons. The Bertz CT molecular complexity index is 518. The van der Waals surface area contributed by atoms with E-state index in [0.29, 0.717) is 12.0 Å². The SMILES string of the molecule is CC(Nc1ccc2n[nH]nc2c1)C1CCOCC1. The molecule has 18 heavy (non-hydrogen) atoms. The van der Waals surface area contributed by atoms with Gasteiger partial charge in [0.05, 0.1) is 0 Å². The monoisotopic (exact) mass is 246 g/mol. The molecule has 1 aliphatic rings. The van der Waals surface area contributed by atoms with Gasteiger partial charge in [-0.25, -0.2) is 0 Å². The van der Waals surface area contributed by atoms with Gasteiger partial charge in [0, 0.05) is 24.9 Å². The number of anilines is 1. The van der Waals surface area contributed by atoms with Crippen molar-refractivity contribution in [1.29, 1.82) is 0 Å². The van der Waals surface area contributed by atoms with Crippen LogP contribution in [0.2, 0.25) is 0 Å². The molecule has 2 aromatic rings. The maximum absolute atomic E-state index is 5.40. The minimum Gasteiger partial charge on any atom is -0.382 e. The number of hydrogen-bond donors (Lipinski definition) is 2. The Morgan fingerprint density at radius 1 is 1.28 bits per heavy atom. The predicted molar refractivity (Wildman–Crippen MR) is 70.5 cm³/mol. The number of nitrogens with one attached hydrogen (secondary N) is 2. The molecule has 1 saturated heterocycles. The van der Waals surface area contributed by atoms with E-state index in [-0.39, 0.29) is 0 Å². The molecule has 1 aromatic heterocycles. The Labute approximate surface area is 106 Å². The van der Waals surface area contributed by atoms with Crippen molar-refractivity contribution in [1.82, 2.24) is 15.4 Å². The van der Waals surface area contributed by atoms with Crippen LogP contribution in [0.25, 0.3) is 11.0 Å². The van der Waals surface area contributed by atoms with E-state index in [1.165, 1.54) is 0 Å². The van der Waals surface area contributed by atoms with Crippen molar-refractivity contribution in [3.8, 4) is 0 Å². The first-order chi connectivity index (χ1) is 8.83. The molecule has 1 unspecified atom stereocenters. The van der Waals surface area contributed by atoms with E-state index in [4.69, 9.17) is 4.74 Å². The van der Waals surface area contributed by atoms with Gasteiger partial charge in [0.2, 0.25) is 0 Å². The Balaban J connectivity index is 1.70. The minimum absolute atomic E-state index is 0.457. The third-order valence-electron chi connectivity index (χ3n) is 3.68. The van der Waals surface area contributed by atoms with E-state index in [1.807, 2.05) is 12.1 Å². The van der Waals surface area contributed by atoms with Crippen molar-refractivity contribution in [3.05, 3.63) is 18.2 Å². The summed E-state index contributed by atoms with van der Waals surface area (Å²) in [5, 5.41) is 14.3. The Hall–Kier alpha value is -1.62. The molecule has 1 aromatic carbocycles. The van der Waals surface area contributed by atoms with Gasteiger partial charge in [0.15, 0.2) is 0 Å². The lowest BCUT2D eigenvalue weighted by Gasteiger charge is -2.29. The first-order valence-corrected chi connectivity index (χ1v) is 6.48. The van der Waals surface area contributed by atoms with Crippen LogP contribution in [0.5, 0.6) is 0 Å². The number of ether oxygens (including phenoxy) is 1. The van der Waals surface area contributed by atoms with Crippen molar-refractivity contribution in [3.63, 3.8) is 0 Å². The van der Waals surface area contributed by atoms with Crippen molar-refractivity contribution < 1.29 is 4.74 Å². The quantitative estimate of drug-likeness (QED) is 0.871. The predicted octanol–water partition coefficient (Wildman–Crippen LogP) is 2.18. The molecular formula is C13H18N4O. The highest BCUT2D eigenvalue weighted by atomic mass is 16.5. The van der Waals surface area contributed by atoms with E-state index >= 15 is 0 Å². The lowest BCUT2D eigenvalue weighted by molar-refractivity contribution is 0.0622. The van der Waals surface area contributed by atoms with Gasteiger partial charge in [-0.1, -0.05) is 0 Å². The van der Waals surface area contributed by atoms with Crippen LogP contribution in [-0.2, 0) is 4.74 Å². The van der Waals surface area contributed by atoms with Crippen molar-refractivity contribution in [2.75, 3.05) is 18.5 Å².